The number of ether oxygens (including phenoxy) is 3. The summed E-state index contributed by atoms with van der Waals surface area (Å²) in [7, 11) is 0. The van der Waals surface area contributed by atoms with Crippen molar-refractivity contribution in [2.75, 3.05) is 19.8 Å². The monoisotopic (exact) mass is 405 g/mol. The Labute approximate surface area is 163 Å². The lowest BCUT2D eigenvalue weighted by Gasteiger charge is -2.56. The van der Waals surface area contributed by atoms with Crippen LogP contribution in [0.25, 0.3) is 0 Å². The van der Waals surface area contributed by atoms with E-state index in [2.05, 4.69) is 5.32 Å². The Hall–Kier alpha value is -0.850. The Kier molecular flexibility index (Phi) is 6.62. The van der Waals surface area contributed by atoms with Crippen molar-refractivity contribution in [3.63, 3.8) is 0 Å². The molecule has 10 atom stereocenters. The molecular formula is C18H31NO9. The minimum Gasteiger partial charge on any atom is -0.394 e. The lowest BCUT2D eigenvalue weighted by molar-refractivity contribution is -0.329. The first-order valence-corrected chi connectivity index (χ1v) is 9.73. The second kappa shape index (κ2) is 8.49. The van der Waals surface area contributed by atoms with Crippen molar-refractivity contribution < 1.29 is 44.5 Å². The smallest absolute Gasteiger partial charge is 0.216 e. The number of aliphatic hydroxyl groups is 5. The Morgan fingerprint density at radius 2 is 1.86 bits per heavy atom. The highest BCUT2D eigenvalue weighted by Crippen LogP contribution is 2.44. The summed E-state index contributed by atoms with van der Waals surface area (Å²) in [5.41, 5.74) is -1.57. The normalized spacial score (nSPS) is 49.3. The average Bonchev–Trinajstić information content (AvgIpc) is 2.65. The fourth-order valence-corrected chi connectivity index (χ4v) is 4.73. The molecule has 6 N–H and O–H groups in total. The Morgan fingerprint density at radius 3 is 2.50 bits per heavy atom. The van der Waals surface area contributed by atoms with E-state index in [-0.39, 0.29) is 19.1 Å². The van der Waals surface area contributed by atoms with Gasteiger partial charge >= 0.3 is 0 Å². The van der Waals surface area contributed by atoms with Crippen LogP contribution >= 0.6 is 0 Å². The molecule has 162 valence electrons. The zero-order chi connectivity index (χ0) is 20.6. The topological polar surface area (TPSA) is 158 Å². The highest BCUT2D eigenvalue weighted by atomic mass is 16.6. The summed E-state index contributed by atoms with van der Waals surface area (Å²) >= 11 is 0. The molecule has 0 aliphatic carbocycles. The van der Waals surface area contributed by atoms with Crippen LogP contribution in [0.1, 0.15) is 26.7 Å². The third kappa shape index (κ3) is 3.80. The van der Waals surface area contributed by atoms with Gasteiger partial charge in [-0.15, -0.1) is 0 Å². The summed E-state index contributed by atoms with van der Waals surface area (Å²) in [5, 5.41) is 55.5. The second-order valence-corrected chi connectivity index (χ2v) is 8.09. The summed E-state index contributed by atoms with van der Waals surface area (Å²) < 4.78 is 17.7. The van der Waals surface area contributed by atoms with Gasteiger partial charge < -0.3 is 45.1 Å². The number of hydrogen-bond donors (Lipinski definition) is 6. The molecule has 6 aliphatic heterocycles. The zero-order valence-corrected chi connectivity index (χ0v) is 16.1. The molecule has 0 aromatic rings. The van der Waals surface area contributed by atoms with Gasteiger partial charge in [-0.2, -0.15) is 0 Å². The van der Waals surface area contributed by atoms with Gasteiger partial charge in [0, 0.05) is 26.0 Å². The molecule has 28 heavy (non-hydrogen) atoms. The molecule has 4 bridgehead atoms. The summed E-state index contributed by atoms with van der Waals surface area (Å²) in [6.07, 6.45) is -7.88. The van der Waals surface area contributed by atoms with Gasteiger partial charge in [-0.05, 0) is 19.8 Å². The molecule has 6 saturated heterocycles. The number of amides is 1. The van der Waals surface area contributed by atoms with Crippen LogP contribution in [0.5, 0.6) is 0 Å². The molecule has 0 spiro atoms. The largest absolute Gasteiger partial charge is 0.394 e. The quantitative estimate of drug-likeness (QED) is 0.293. The standard InChI is InChI=1S/C18H31NO9/c1-8(21)19-6-10-16-15(24)17(25)18(2,28-10)12-11(7-20)27-9(4-3-5-26-16)13(22)14(12)23/h9-17,20,22-25H,3-7H2,1-2H3,(H,19,21)/t9-,10-,11-,12?,13+,14+,15+,16-,17-,18+/m1/s1. The van der Waals surface area contributed by atoms with Crippen LogP contribution in [0.15, 0.2) is 0 Å². The molecule has 0 aromatic carbocycles. The maximum Gasteiger partial charge on any atom is 0.216 e. The molecule has 6 aliphatic rings. The Balaban J connectivity index is 2.01. The van der Waals surface area contributed by atoms with Crippen molar-refractivity contribution in [3.8, 4) is 0 Å². The molecule has 6 rings (SSSR count). The van der Waals surface area contributed by atoms with Crippen LogP contribution in [0.2, 0.25) is 0 Å². The van der Waals surface area contributed by atoms with E-state index < -0.39 is 67.0 Å². The van der Waals surface area contributed by atoms with E-state index in [1.54, 1.807) is 0 Å². The maximum atomic E-state index is 11.4. The van der Waals surface area contributed by atoms with Crippen LogP contribution in [0, 0.1) is 5.92 Å². The first-order valence-electron chi connectivity index (χ1n) is 9.73. The molecular weight excluding hydrogens is 374 g/mol. The minimum atomic E-state index is -1.57. The maximum absolute atomic E-state index is 11.4. The van der Waals surface area contributed by atoms with E-state index in [0.29, 0.717) is 12.8 Å². The summed E-state index contributed by atoms with van der Waals surface area (Å²) in [5.74, 6) is -1.31. The Morgan fingerprint density at radius 1 is 1.14 bits per heavy atom. The van der Waals surface area contributed by atoms with Crippen molar-refractivity contribution in [1.29, 1.82) is 0 Å². The zero-order valence-electron chi connectivity index (χ0n) is 16.1. The summed E-state index contributed by atoms with van der Waals surface area (Å²) in [4.78, 5) is 11.4. The van der Waals surface area contributed by atoms with E-state index in [1.807, 2.05) is 0 Å². The van der Waals surface area contributed by atoms with Crippen LogP contribution in [-0.2, 0) is 19.0 Å². The van der Waals surface area contributed by atoms with Gasteiger partial charge in [-0.3, -0.25) is 4.79 Å². The fourth-order valence-electron chi connectivity index (χ4n) is 4.73. The predicted octanol–water partition coefficient (Wildman–Crippen LogP) is -2.72. The number of aliphatic hydroxyl groups excluding tert-OH is 5. The van der Waals surface area contributed by atoms with Crippen molar-refractivity contribution in [2.24, 2.45) is 5.92 Å². The van der Waals surface area contributed by atoms with E-state index in [0.717, 1.165) is 0 Å². The van der Waals surface area contributed by atoms with E-state index in [4.69, 9.17) is 14.2 Å². The molecule has 1 amide bonds. The lowest BCUT2D eigenvalue weighted by Crippen LogP contribution is -2.73. The minimum absolute atomic E-state index is 0.0258. The highest BCUT2D eigenvalue weighted by molar-refractivity contribution is 5.72. The summed E-state index contributed by atoms with van der Waals surface area (Å²) in [6.45, 7) is 2.61. The van der Waals surface area contributed by atoms with Gasteiger partial charge in [0.15, 0.2) is 0 Å². The fraction of sp³-hybridized carbons (Fsp3) is 0.944. The Bertz CT molecular complexity index is 561. The van der Waals surface area contributed by atoms with E-state index in [9.17, 15) is 30.3 Å². The van der Waals surface area contributed by atoms with E-state index in [1.165, 1.54) is 13.8 Å². The molecule has 0 aromatic heterocycles. The number of nitrogens with one attached hydrogen (secondary N) is 1. The van der Waals surface area contributed by atoms with Gasteiger partial charge in [0.05, 0.1) is 24.9 Å². The van der Waals surface area contributed by atoms with Crippen molar-refractivity contribution >= 4 is 5.91 Å². The van der Waals surface area contributed by atoms with Gasteiger partial charge in [0.25, 0.3) is 0 Å². The molecule has 10 nitrogen and oxygen atoms in total. The lowest BCUT2D eigenvalue weighted by atomic mass is 9.69. The van der Waals surface area contributed by atoms with Gasteiger partial charge in [-0.25, -0.2) is 0 Å². The number of carbonyl (C=O) groups excluding carboxylic acids is 1. The van der Waals surface area contributed by atoms with Gasteiger partial charge in [-0.1, -0.05) is 0 Å². The van der Waals surface area contributed by atoms with Gasteiger partial charge in [0.2, 0.25) is 5.91 Å². The third-order valence-electron chi connectivity index (χ3n) is 6.21. The van der Waals surface area contributed by atoms with Crippen LogP contribution in [0.3, 0.4) is 0 Å². The van der Waals surface area contributed by atoms with Crippen LogP contribution < -0.4 is 5.32 Å². The summed E-state index contributed by atoms with van der Waals surface area (Å²) in [6, 6.07) is 0. The van der Waals surface area contributed by atoms with Crippen LogP contribution in [0.4, 0.5) is 0 Å². The molecule has 0 saturated carbocycles. The first kappa shape index (κ1) is 21.8. The van der Waals surface area contributed by atoms with Crippen molar-refractivity contribution in [3.05, 3.63) is 0 Å². The molecule has 10 heteroatoms. The van der Waals surface area contributed by atoms with Crippen molar-refractivity contribution in [2.45, 2.75) is 81.1 Å². The SMILES string of the molecule is CC(=O)NC[C@H]1O[C@@]2(C)C3[C@@H](CO)O[C@H](CCCO[C@H]1[C@H](O)[C@H]2O)[C@H](O)[C@H]3O. The molecule has 1 unspecified atom stereocenters. The van der Waals surface area contributed by atoms with E-state index >= 15 is 0 Å². The van der Waals surface area contributed by atoms with Crippen LogP contribution in [-0.4, -0.2) is 106 Å². The molecule has 0 radical (unpaired) electrons. The predicted molar refractivity (Wildman–Crippen MR) is 94.2 cm³/mol. The van der Waals surface area contributed by atoms with Gasteiger partial charge in [0.1, 0.15) is 36.1 Å². The number of hydrogen-bond acceptors (Lipinski definition) is 9. The second-order valence-electron chi connectivity index (χ2n) is 8.09. The number of rotatable bonds is 3. The number of carbonyl (C=O) groups is 1. The highest BCUT2D eigenvalue weighted by Gasteiger charge is 2.61. The van der Waals surface area contributed by atoms with Crippen molar-refractivity contribution in [1.82, 2.24) is 5.32 Å². The first-order chi connectivity index (χ1) is 13.2. The molecule has 6 heterocycles. The average molecular weight is 405 g/mol. The third-order valence-corrected chi connectivity index (χ3v) is 6.21. The molecule has 6 fully saturated rings.